The number of rotatable bonds is 8. The van der Waals surface area contributed by atoms with E-state index in [9.17, 15) is 0 Å². The molecule has 8 aromatic carbocycles. The maximum atomic E-state index is 5.41. The molecule has 1 N–H and O–H groups in total. The molecule has 0 spiro atoms. The number of nitrogens with zero attached hydrogens (tertiary/aromatic N) is 23. The van der Waals surface area contributed by atoms with E-state index >= 15 is 0 Å². The van der Waals surface area contributed by atoms with E-state index in [1.165, 1.54) is 0 Å². The second kappa shape index (κ2) is 41.5. The Morgan fingerprint density at radius 3 is 0.643 bits per heavy atom. The largest absolute Gasteiger partial charge is 2.00 e. The number of hydrogen-bond acceptors (Lipinski definition) is 16. The molecule has 4 aliphatic rings. The van der Waals surface area contributed by atoms with Gasteiger partial charge in [-0.1, -0.05) is 176 Å². The van der Waals surface area contributed by atoms with Crippen LogP contribution in [0.5, 0.6) is 0 Å². The monoisotopic (exact) mass is 2480 g/mol. The molecule has 16 bridgehead atoms. The number of pyridine rings is 8. The van der Waals surface area contributed by atoms with Crippen molar-refractivity contribution in [2.75, 3.05) is 4.93 Å². The number of aromatic nitrogens is 24. The van der Waals surface area contributed by atoms with Crippen molar-refractivity contribution in [3.05, 3.63) is 342 Å². The fourth-order valence-corrected chi connectivity index (χ4v) is 18.4. The predicted molar refractivity (Wildman–Crippen MR) is 529 cm³/mol. The van der Waals surface area contributed by atoms with Gasteiger partial charge in [0.2, 0.25) is 0 Å². The van der Waals surface area contributed by atoms with Gasteiger partial charge in [0.05, 0.1) is 46.6 Å². The molecule has 18 heterocycles. The van der Waals surface area contributed by atoms with E-state index in [1.807, 2.05) is 199 Å². The van der Waals surface area contributed by atoms with E-state index < -0.39 is 0 Å². The summed E-state index contributed by atoms with van der Waals surface area (Å²) >= 11 is 2.15. The topological polar surface area (TPSA) is 288 Å². The zero-order valence-electron chi connectivity index (χ0n) is 74.4. The van der Waals surface area contributed by atoms with Gasteiger partial charge in [-0.05, 0) is 164 Å². The van der Waals surface area contributed by atoms with Gasteiger partial charge in [0.25, 0.3) is 0 Å². The van der Waals surface area contributed by atoms with Gasteiger partial charge in [-0.2, -0.15) is 0 Å². The van der Waals surface area contributed by atoms with Crippen molar-refractivity contribution < 1.29 is 154 Å². The molecular formula is C109H73I5N24Zn2. The van der Waals surface area contributed by atoms with Crippen LogP contribution in [0.15, 0.2) is 342 Å². The first-order chi connectivity index (χ1) is 65.6. The Hall–Kier alpha value is -13.4. The van der Waals surface area contributed by atoms with Gasteiger partial charge < -0.3 is 156 Å². The third kappa shape index (κ3) is 17.6. The molecule has 0 fully saturated rings. The summed E-state index contributed by atoms with van der Waals surface area (Å²) in [6.07, 6.45) is 30.4. The van der Waals surface area contributed by atoms with E-state index in [2.05, 4.69) is 181 Å². The average Bonchev–Trinajstić information content (AvgIpc) is 1.58. The molecule has 0 saturated carbocycles. The van der Waals surface area contributed by atoms with Gasteiger partial charge in [-0.15, -0.1) is 0 Å². The Morgan fingerprint density at radius 1 is 0.214 bits per heavy atom. The van der Waals surface area contributed by atoms with Gasteiger partial charge in [0.1, 0.15) is 21.1 Å². The smallest absolute Gasteiger partial charge is 1.00 e. The zero-order valence-corrected chi connectivity index (χ0v) is 91.1. The minimum Gasteiger partial charge on any atom is -1.00 e. The fraction of sp³-hybridized carbons (Fsp3) is 0.0459. The number of H-pyrrole nitrogens is 1. The molecule has 22 aromatic rings. The number of nitrogens with one attached hydrogen (secondary N) is 1. The molecule has 4 aliphatic heterocycles. The molecule has 0 unspecified atom stereocenters. The van der Waals surface area contributed by atoms with Crippen LogP contribution < -0.4 is 135 Å². The maximum Gasteiger partial charge on any atom is 2.00 e. The first-order valence-corrected chi connectivity index (χ1v) is 45.1. The van der Waals surface area contributed by atoms with Gasteiger partial charge >= 0.3 is 39.0 Å². The first kappa shape index (κ1) is 98.2. The Balaban J connectivity index is 0.000000181. The average molecular weight is 2480 g/mol. The standard InChI is InChI=1S/C55H37N12.C52H28N12.CH3I.CH4.4HI.2Zn/c1-65-26-18-33(19-27-65)37-9-5-13-41-45(37)54-60-49(41)58-52-44-36(32-16-24-56-25-17-32)8-4-12-40(44)48(57-52)59-53-46-38(34-20-28-66(2)29-21-34)10-6-14-42(46)50(61-53)63-55-47-39(35-22-30-67(3)31-23-35)11-7-15-43(47)51(62-54)64-55;1-5-33(29-13-21-53-22-14-29)41-37(9-1)45-57-49(41)62-46-39-11-3-7-35(31-17-25-55-26-18-31)43(39)51(59-46)64-48-40-12-4-8-36(32-19-27-56-28-20-32)44(40)52(60-48)63-47-38-10-2-6-34(30-15-23-54-24-16-30)42(38)50(58-47)61-45;1-2;;;;;;;/h4-31H,1-3H3;1-28H;1H3;1H4;4*1H;;/q+1;-2;;;;;;;2*+2/p-3. The zero-order chi connectivity index (χ0) is 88.9. The molecule has 0 saturated heterocycles. The Bertz CT molecular complexity index is 8590. The summed E-state index contributed by atoms with van der Waals surface area (Å²) in [5.74, 6) is 3.82. The number of aryl methyl sites for hydroxylation is 3. The van der Waals surface area contributed by atoms with Crippen LogP contribution in [0.25, 0.3) is 268 Å². The minimum absolute atomic E-state index is 0. The summed E-state index contributed by atoms with van der Waals surface area (Å²) in [5, 5.41) is 6.64. The molecule has 668 valence electrons. The molecule has 140 heavy (non-hydrogen) atoms. The van der Waals surface area contributed by atoms with Crippen molar-refractivity contribution in [2.45, 2.75) is 7.43 Å². The molecule has 14 aromatic heterocycles. The molecule has 31 heteroatoms. The van der Waals surface area contributed by atoms with Gasteiger partial charge in [0, 0.05) is 209 Å². The number of halogens is 5. The molecule has 0 amide bonds. The third-order valence-corrected chi connectivity index (χ3v) is 24.5. The molecule has 0 radical (unpaired) electrons. The van der Waals surface area contributed by atoms with Crippen LogP contribution in [-0.4, -0.2) is 84.7 Å². The summed E-state index contributed by atoms with van der Waals surface area (Å²) in [4.78, 5) is 108. The minimum atomic E-state index is 0. The van der Waals surface area contributed by atoms with E-state index in [0.29, 0.717) is 91.8 Å². The van der Waals surface area contributed by atoms with Crippen LogP contribution in [-0.2, 0) is 60.1 Å². The number of benzene rings is 8. The van der Waals surface area contributed by atoms with Crippen LogP contribution in [0, 0.1) is 0 Å². The van der Waals surface area contributed by atoms with Crippen molar-refractivity contribution >= 4 is 111 Å². The van der Waals surface area contributed by atoms with Crippen LogP contribution in [0.1, 0.15) is 7.43 Å². The number of alkyl halides is 1. The quantitative estimate of drug-likeness (QED) is 0.0600. The summed E-state index contributed by atoms with van der Waals surface area (Å²) in [6.45, 7) is 0. The normalized spacial score (nSPS) is 11.1. The SMILES string of the molecule is C.CI.C[n+]1ccc(-c2cccc3c2-c2nc-3nc3[n-]c(nc4nc(nc5[n-]c(n2)c2cccc(-c6cc[nH+]cc6)c52)-c2cccc(-c5cc[n+](C)cc5)c2-4)c2cccc(-c4cc[n+](C)cc4)c32)cc1.[I-].[I-].[I-].[I-].[Zn+2].[Zn+2].c1cc(-c2ccncc2)c2c(c1)-c1nc-2nc2[n-]c(nc3nc(nc4[n-]c(n1)c1c(-c5ccncc5)cccc41)-c1c(-c4ccncc4)cccc1-3)c1c(-c3ccncc3)cccc21. The Kier molecular flexibility index (Phi) is 29.1. The summed E-state index contributed by atoms with van der Waals surface area (Å²) in [7, 11) is 6.04. The van der Waals surface area contributed by atoms with Gasteiger partial charge in [-0.25, -0.2) is 38.6 Å². The molecular weight excluding hydrogens is 2410 g/mol. The Morgan fingerprint density at radius 2 is 0.400 bits per heavy atom. The number of fused-ring (bicyclic) bond motifs is 40. The summed E-state index contributed by atoms with van der Waals surface area (Å²) < 4.78 is 6.07. The molecule has 26 rings (SSSR count). The second-order valence-corrected chi connectivity index (χ2v) is 32.3. The first-order valence-electron chi connectivity index (χ1n) is 43.0. The van der Waals surface area contributed by atoms with Crippen LogP contribution in [0.3, 0.4) is 0 Å². The van der Waals surface area contributed by atoms with Crippen molar-refractivity contribution in [3.8, 4) is 180 Å². The van der Waals surface area contributed by atoms with E-state index in [1.54, 1.807) is 49.6 Å². The fourth-order valence-electron chi connectivity index (χ4n) is 18.4. The van der Waals surface area contributed by atoms with Crippen molar-refractivity contribution in [1.29, 1.82) is 0 Å². The number of aromatic amines is 1. The number of hydrogen-bond donors (Lipinski definition) is 0. The maximum absolute atomic E-state index is 5.41. The van der Waals surface area contributed by atoms with E-state index in [0.717, 1.165) is 177 Å². The summed E-state index contributed by atoms with van der Waals surface area (Å²) in [5.41, 5.74) is 26.0. The summed E-state index contributed by atoms with van der Waals surface area (Å²) in [6, 6.07) is 81.9. The Labute approximate surface area is 909 Å². The third-order valence-electron chi connectivity index (χ3n) is 24.5. The van der Waals surface area contributed by atoms with Crippen LogP contribution in [0.2, 0.25) is 0 Å². The van der Waals surface area contributed by atoms with Crippen LogP contribution in [0.4, 0.5) is 0 Å². The van der Waals surface area contributed by atoms with Crippen LogP contribution >= 0.6 is 22.6 Å². The van der Waals surface area contributed by atoms with E-state index in [4.69, 9.17) is 79.7 Å². The van der Waals surface area contributed by atoms with Gasteiger partial charge in [-0.3, -0.25) is 19.9 Å². The van der Waals surface area contributed by atoms with E-state index in [-0.39, 0.29) is 142 Å². The van der Waals surface area contributed by atoms with Gasteiger partial charge in [0.15, 0.2) is 49.6 Å². The predicted octanol–water partition coefficient (Wildman–Crippen LogP) is 8.16. The second-order valence-electron chi connectivity index (χ2n) is 32.3. The molecule has 0 atom stereocenters. The molecule has 0 aliphatic carbocycles. The van der Waals surface area contributed by atoms with Crippen molar-refractivity contribution in [3.63, 3.8) is 0 Å². The van der Waals surface area contributed by atoms with Crippen molar-refractivity contribution in [2.24, 2.45) is 21.1 Å². The molecule has 24 nitrogen and oxygen atoms in total. The van der Waals surface area contributed by atoms with Crippen molar-refractivity contribution in [1.82, 2.24) is 99.7 Å².